The van der Waals surface area contributed by atoms with Gasteiger partial charge in [0.25, 0.3) is 0 Å². The van der Waals surface area contributed by atoms with E-state index in [2.05, 4.69) is 10.1 Å². The molecule has 0 amide bonds. The molecule has 2 aromatic rings. The van der Waals surface area contributed by atoms with Crippen LogP contribution in [0.1, 0.15) is 12.7 Å². The molecule has 144 valence electrons. The highest BCUT2D eigenvalue weighted by Gasteiger charge is 2.16. The molecule has 0 aliphatic rings. The number of carbonyl (C=O) groups excluding carboxylic acids is 2. The van der Waals surface area contributed by atoms with Gasteiger partial charge >= 0.3 is 11.9 Å². The summed E-state index contributed by atoms with van der Waals surface area (Å²) in [5.41, 5.74) is 0.998. The van der Waals surface area contributed by atoms with Gasteiger partial charge in [-0.25, -0.2) is 9.59 Å². The molecule has 0 unspecified atom stereocenters. The second kappa shape index (κ2) is 9.44. The van der Waals surface area contributed by atoms with Gasteiger partial charge in [-0.1, -0.05) is 0 Å². The van der Waals surface area contributed by atoms with Crippen molar-refractivity contribution >= 4 is 17.6 Å². The van der Waals surface area contributed by atoms with Crippen molar-refractivity contribution in [1.82, 2.24) is 0 Å². The second-order valence-corrected chi connectivity index (χ2v) is 5.27. The number of carbonyl (C=O) groups is 2. The van der Waals surface area contributed by atoms with Crippen LogP contribution in [-0.4, -0.2) is 37.9 Å². The van der Waals surface area contributed by atoms with Crippen molar-refractivity contribution in [3.63, 3.8) is 0 Å². The van der Waals surface area contributed by atoms with E-state index in [0.717, 1.165) is 6.08 Å². The van der Waals surface area contributed by atoms with Crippen LogP contribution in [0.5, 0.6) is 5.75 Å². The molecular weight excluding hydrogens is 354 g/mol. The first kappa shape index (κ1) is 20.1. The Morgan fingerprint density at radius 2 is 1.96 bits per heavy atom. The van der Waals surface area contributed by atoms with Crippen LogP contribution in [0.3, 0.4) is 0 Å². The average Bonchev–Trinajstić information content (AvgIpc) is 3.17. The minimum absolute atomic E-state index is 0.113. The summed E-state index contributed by atoms with van der Waals surface area (Å²) in [7, 11) is 2.41. The van der Waals surface area contributed by atoms with Gasteiger partial charge in [-0.05, 0) is 37.3 Å². The zero-order valence-electron chi connectivity index (χ0n) is 15.3. The lowest BCUT2D eigenvalue weighted by atomic mass is 10.1. The third-order valence-electron chi connectivity index (χ3n) is 3.52. The van der Waals surface area contributed by atoms with Crippen LogP contribution >= 0.6 is 0 Å². The quantitative estimate of drug-likeness (QED) is 0.535. The van der Waals surface area contributed by atoms with E-state index in [1.807, 2.05) is 6.92 Å². The highest BCUT2D eigenvalue weighted by Crippen LogP contribution is 2.32. The molecule has 0 aliphatic carbocycles. The number of hydrogen-bond donors (Lipinski definition) is 2. The SMILES string of the molecule is CCOc1ccc(-c2ccc(CO)o2)cc1N/C(=C/C(=O)OC)C(=O)OC. The molecule has 0 fully saturated rings. The molecule has 0 radical (unpaired) electrons. The summed E-state index contributed by atoms with van der Waals surface area (Å²) >= 11 is 0. The van der Waals surface area contributed by atoms with Gasteiger partial charge < -0.3 is 29.1 Å². The summed E-state index contributed by atoms with van der Waals surface area (Å²) in [5.74, 6) is -0.0322. The molecule has 0 bridgehead atoms. The summed E-state index contributed by atoms with van der Waals surface area (Å²) in [6.07, 6.45) is 0.991. The fourth-order valence-electron chi connectivity index (χ4n) is 2.26. The molecule has 0 aliphatic heterocycles. The molecule has 1 heterocycles. The highest BCUT2D eigenvalue weighted by molar-refractivity contribution is 5.99. The number of furan rings is 1. The first-order chi connectivity index (χ1) is 13.0. The summed E-state index contributed by atoms with van der Waals surface area (Å²) in [4.78, 5) is 23.5. The van der Waals surface area contributed by atoms with E-state index in [4.69, 9.17) is 19.0 Å². The second-order valence-electron chi connectivity index (χ2n) is 5.27. The molecule has 1 aromatic heterocycles. The lowest BCUT2D eigenvalue weighted by molar-refractivity contribution is -0.138. The van der Waals surface area contributed by atoms with Crippen LogP contribution in [0.25, 0.3) is 11.3 Å². The van der Waals surface area contributed by atoms with Gasteiger partial charge in [-0.15, -0.1) is 0 Å². The fourth-order valence-corrected chi connectivity index (χ4v) is 2.26. The first-order valence-corrected chi connectivity index (χ1v) is 8.14. The molecule has 2 rings (SSSR count). The maximum Gasteiger partial charge on any atom is 0.354 e. The topological polar surface area (TPSA) is 107 Å². The Labute approximate surface area is 156 Å². The zero-order valence-corrected chi connectivity index (χ0v) is 15.3. The van der Waals surface area contributed by atoms with Gasteiger partial charge in [-0.3, -0.25) is 0 Å². The van der Waals surface area contributed by atoms with Gasteiger partial charge in [0.15, 0.2) is 0 Å². The molecule has 0 saturated carbocycles. The smallest absolute Gasteiger partial charge is 0.354 e. The third kappa shape index (κ3) is 5.11. The van der Waals surface area contributed by atoms with Gasteiger partial charge in [0.05, 0.1) is 32.6 Å². The van der Waals surface area contributed by atoms with Crippen LogP contribution in [0.15, 0.2) is 46.5 Å². The lowest BCUT2D eigenvalue weighted by Gasteiger charge is -2.15. The summed E-state index contributed by atoms with van der Waals surface area (Å²) in [5, 5.41) is 12.0. The number of rotatable bonds is 8. The van der Waals surface area contributed by atoms with Crippen molar-refractivity contribution in [3.8, 4) is 17.1 Å². The van der Waals surface area contributed by atoms with E-state index in [1.165, 1.54) is 14.2 Å². The predicted octanol–water partition coefficient (Wildman–Crippen LogP) is 2.48. The van der Waals surface area contributed by atoms with Gasteiger partial charge in [0.2, 0.25) is 0 Å². The van der Waals surface area contributed by atoms with Crippen molar-refractivity contribution in [3.05, 3.63) is 47.9 Å². The van der Waals surface area contributed by atoms with Crippen molar-refractivity contribution in [1.29, 1.82) is 0 Å². The number of benzene rings is 1. The Kier molecular flexibility index (Phi) is 7.01. The largest absolute Gasteiger partial charge is 0.492 e. The lowest BCUT2D eigenvalue weighted by Crippen LogP contribution is -2.16. The van der Waals surface area contributed by atoms with Crippen LogP contribution in [0.4, 0.5) is 5.69 Å². The number of aliphatic hydroxyl groups is 1. The van der Waals surface area contributed by atoms with Crippen LogP contribution in [0, 0.1) is 0 Å². The zero-order chi connectivity index (χ0) is 19.8. The Balaban J connectivity index is 2.44. The number of ether oxygens (including phenoxy) is 3. The van der Waals surface area contributed by atoms with Crippen LogP contribution in [-0.2, 0) is 25.7 Å². The molecule has 0 atom stereocenters. The van der Waals surface area contributed by atoms with Gasteiger partial charge in [0.1, 0.15) is 29.6 Å². The number of anilines is 1. The van der Waals surface area contributed by atoms with E-state index in [0.29, 0.717) is 35.1 Å². The number of esters is 2. The molecule has 27 heavy (non-hydrogen) atoms. The van der Waals surface area contributed by atoms with Crippen molar-refractivity contribution in [2.45, 2.75) is 13.5 Å². The maximum atomic E-state index is 12.0. The van der Waals surface area contributed by atoms with Crippen molar-refractivity contribution in [2.24, 2.45) is 0 Å². The standard InChI is InChI=1S/C19H21NO7/c1-4-26-17-7-5-12(16-8-6-13(11-21)27-16)9-14(17)20-15(19(23)25-3)10-18(22)24-2/h5-10,20-21H,4,11H2,1-3H3/b15-10+. The van der Waals surface area contributed by atoms with E-state index < -0.39 is 11.9 Å². The summed E-state index contributed by atoms with van der Waals surface area (Å²) in [6.45, 7) is 2.01. The molecule has 2 N–H and O–H groups in total. The Morgan fingerprint density at radius 1 is 1.19 bits per heavy atom. The molecule has 0 saturated heterocycles. The average molecular weight is 375 g/mol. The van der Waals surface area contributed by atoms with Crippen LogP contribution in [0.2, 0.25) is 0 Å². The summed E-state index contributed by atoms with van der Waals surface area (Å²) < 4.78 is 20.4. The minimum Gasteiger partial charge on any atom is -0.492 e. The van der Waals surface area contributed by atoms with Crippen LogP contribution < -0.4 is 10.1 Å². The number of methoxy groups -OCH3 is 2. The number of hydrogen-bond acceptors (Lipinski definition) is 8. The minimum atomic E-state index is -0.742. The van der Waals surface area contributed by atoms with E-state index in [9.17, 15) is 9.59 Å². The molecule has 8 nitrogen and oxygen atoms in total. The molecular formula is C19H21NO7. The molecule has 0 spiro atoms. The Morgan fingerprint density at radius 3 is 2.56 bits per heavy atom. The first-order valence-electron chi connectivity index (χ1n) is 8.14. The van der Waals surface area contributed by atoms with E-state index in [-0.39, 0.29) is 12.3 Å². The fraction of sp³-hybridized carbons (Fsp3) is 0.263. The third-order valence-corrected chi connectivity index (χ3v) is 3.52. The predicted molar refractivity (Wildman–Crippen MR) is 97.0 cm³/mol. The van der Waals surface area contributed by atoms with E-state index >= 15 is 0 Å². The van der Waals surface area contributed by atoms with Gasteiger partial charge in [-0.2, -0.15) is 0 Å². The monoisotopic (exact) mass is 375 g/mol. The van der Waals surface area contributed by atoms with Crippen molar-refractivity contribution < 1.29 is 33.3 Å². The normalized spacial score (nSPS) is 11.0. The summed E-state index contributed by atoms with van der Waals surface area (Å²) in [6, 6.07) is 8.55. The number of nitrogens with one attached hydrogen (secondary N) is 1. The maximum absolute atomic E-state index is 12.0. The Hall–Kier alpha value is -3.26. The molecule has 1 aromatic carbocycles. The Bertz CT molecular complexity index is 838. The van der Waals surface area contributed by atoms with Gasteiger partial charge in [0, 0.05) is 5.56 Å². The highest BCUT2D eigenvalue weighted by atomic mass is 16.5. The van der Waals surface area contributed by atoms with E-state index in [1.54, 1.807) is 30.3 Å². The number of aliphatic hydroxyl groups excluding tert-OH is 1. The molecule has 8 heteroatoms. The van der Waals surface area contributed by atoms with Crippen molar-refractivity contribution in [2.75, 3.05) is 26.1 Å².